The van der Waals surface area contributed by atoms with E-state index < -0.39 is 0 Å². The Labute approximate surface area is 138 Å². The predicted octanol–water partition coefficient (Wildman–Crippen LogP) is 2.13. The molecule has 0 atom stereocenters. The molecule has 0 aliphatic rings. The van der Waals surface area contributed by atoms with Gasteiger partial charge < -0.3 is 11.1 Å². The van der Waals surface area contributed by atoms with Crippen molar-refractivity contribution in [2.45, 2.75) is 6.54 Å². The molecule has 2 aromatic carbocycles. The van der Waals surface area contributed by atoms with Gasteiger partial charge in [-0.05, 0) is 29.8 Å². The van der Waals surface area contributed by atoms with Crippen LogP contribution in [0.4, 0.5) is 11.4 Å². The third-order valence-electron chi connectivity index (χ3n) is 3.57. The lowest BCUT2D eigenvalue weighted by Crippen LogP contribution is -2.19. The van der Waals surface area contributed by atoms with Crippen molar-refractivity contribution in [1.82, 2.24) is 9.55 Å². The number of aromatic nitrogens is 2. The number of anilines is 2. The number of benzene rings is 2. The zero-order chi connectivity index (χ0) is 16.9. The fourth-order valence-corrected chi connectivity index (χ4v) is 2.26. The summed E-state index contributed by atoms with van der Waals surface area (Å²) in [6.45, 7) is 0.403. The molecule has 0 unspecified atom stereocenters. The molecule has 0 saturated heterocycles. The van der Waals surface area contributed by atoms with Crippen molar-refractivity contribution in [2.75, 3.05) is 11.1 Å². The minimum Gasteiger partial charge on any atom is -0.397 e. The molecule has 0 bridgehead atoms. The Morgan fingerprint density at radius 3 is 2.54 bits per heavy atom. The number of carbonyl (C=O) groups excluding carboxylic acids is 1. The first-order valence-corrected chi connectivity index (χ1v) is 7.39. The second kappa shape index (κ2) is 6.78. The first-order chi connectivity index (χ1) is 11.6. The average molecular weight is 320 g/mol. The van der Waals surface area contributed by atoms with Crippen molar-refractivity contribution in [3.63, 3.8) is 0 Å². The Kier molecular flexibility index (Phi) is 4.38. The maximum Gasteiger partial charge on any atom is 0.255 e. The fraction of sp³-hybridized carbons (Fsp3) is 0.0556. The van der Waals surface area contributed by atoms with Crippen molar-refractivity contribution in [1.29, 1.82) is 0 Å². The maximum atomic E-state index is 12.3. The van der Waals surface area contributed by atoms with Gasteiger partial charge in [-0.15, -0.1) is 0 Å². The van der Waals surface area contributed by atoms with Crippen LogP contribution in [0, 0.1) is 0 Å². The summed E-state index contributed by atoms with van der Waals surface area (Å²) in [5.74, 6) is -0.238. The van der Waals surface area contributed by atoms with E-state index in [-0.39, 0.29) is 11.5 Å². The molecule has 6 heteroatoms. The van der Waals surface area contributed by atoms with Crippen LogP contribution in [0.3, 0.4) is 0 Å². The second-order valence-electron chi connectivity index (χ2n) is 5.28. The average Bonchev–Trinajstić information content (AvgIpc) is 2.59. The highest BCUT2D eigenvalue weighted by Crippen LogP contribution is 2.18. The summed E-state index contributed by atoms with van der Waals surface area (Å²) in [5, 5.41) is 2.78. The first-order valence-electron chi connectivity index (χ1n) is 7.39. The van der Waals surface area contributed by atoms with E-state index in [4.69, 9.17) is 5.73 Å². The molecular formula is C18H16N4O2. The van der Waals surface area contributed by atoms with Crippen LogP contribution in [0.1, 0.15) is 15.9 Å². The van der Waals surface area contributed by atoms with Gasteiger partial charge in [-0.3, -0.25) is 14.2 Å². The molecule has 24 heavy (non-hydrogen) atoms. The predicted molar refractivity (Wildman–Crippen MR) is 92.8 cm³/mol. The van der Waals surface area contributed by atoms with Crippen molar-refractivity contribution in [2.24, 2.45) is 0 Å². The summed E-state index contributed by atoms with van der Waals surface area (Å²) in [7, 11) is 0. The number of carbonyl (C=O) groups is 1. The van der Waals surface area contributed by atoms with E-state index in [0.717, 1.165) is 5.56 Å². The summed E-state index contributed by atoms with van der Waals surface area (Å²) >= 11 is 0. The van der Waals surface area contributed by atoms with Crippen LogP contribution in [0.25, 0.3) is 0 Å². The largest absolute Gasteiger partial charge is 0.397 e. The molecule has 1 aromatic heterocycles. The Balaban J connectivity index is 1.72. The first kappa shape index (κ1) is 15.5. The summed E-state index contributed by atoms with van der Waals surface area (Å²) < 4.78 is 1.50. The number of hydrogen-bond donors (Lipinski definition) is 2. The quantitative estimate of drug-likeness (QED) is 0.721. The number of amides is 1. The van der Waals surface area contributed by atoms with Crippen LogP contribution < -0.4 is 16.6 Å². The summed E-state index contributed by atoms with van der Waals surface area (Å²) in [4.78, 5) is 27.9. The van der Waals surface area contributed by atoms with Crippen molar-refractivity contribution in [3.05, 3.63) is 88.6 Å². The monoisotopic (exact) mass is 320 g/mol. The van der Waals surface area contributed by atoms with E-state index in [1.807, 2.05) is 12.1 Å². The zero-order valence-corrected chi connectivity index (χ0v) is 12.8. The number of hydrogen-bond acceptors (Lipinski definition) is 4. The van der Waals surface area contributed by atoms with Gasteiger partial charge in [-0.2, -0.15) is 0 Å². The van der Waals surface area contributed by atoms with Gasteiger partial charge >= 0.3 is 0 Å². The number of nitrogen functional groups attached to an aromatic ring is 1. The van der Waals surface area contributed by atoms with Crippen LogP contribution in [0.15, 0.2) is 71.9 Å². The van der Waals surface area contributed by atoms with E-state index in [0.29, 0.717) is 23.5 Å². The zero-order valence-electron chi connectivity index (χ0n) is 12.8. The molecule has 3 aromatic rings. The molecule has 120 valence electrons. The Hall–Kier alpha value is -3.41. The number of para-hydroxylation sites is 2. The van der Waals surface area contributed by atoms with Gasteiger partial charge in [0, 0.05) is 17.8 Å². The number of nitrogens with two attached hydrogens (primary N) is 1. The highest BCUT2D eigenvalue weighted by Gasteiger charge is 2.08. The molecular weight excluding hydrogens is 304 g/mol. The molecule has 6 nitrogen and oxygen atoms in total. The lowest BCUT2D eigenvalue weighted by atomic mass is 10.1. The molecule has 0 saturated carbocycles. The van der Waals surface area contributed by atoms with Gasteiger partial charge in [-0.25, -0.2) is 4.98 Å². The lowest BCUT2D eigenvalue weighted by molar-refractivity contribution is 0.102. The molecule has 3 rings (SSSR count). The summed E-state index contributed by atoms with van der Waals surface area (Å²) in [5.41, 5.74) is 8.21. The van der Waals surface area contributed by atoms with Gasteiger partial charge in [0.1, 0.15) is 0 Å². The van der Waals surface area contributed by atoms with Crippen LogP contribution >= 0.6 is 0 Å². The topological polar surface area (TPSA) is 90.0 Å². The highest BCUT2D eigenvalue weighted by molar-refractivity contribution is 6.05. The molecule has 0 aliphatic heterocycles. The fourth-order valence-electron chi connectivity index (χ4n) is 2.26. The van der Waals surface area contributed by atoms with E-state index in [1.165, 1.54) is 23.2 Å². The Morgan fingerprint density at radius 2 is 1.83 bits per heavy atom. The lowest BCUT2D eigenvalue weighted by Gasteiger charge is -2.09. The van der Waals surface area contributed by atoms with Gasteiger partial charge in [0.2, 0.25) is 0 Å². The van der Waals surface area contributed by atoms with Crippen molar-refractivity contribution >= 4 is 17.3 Å². The van der Waals surface area contributed by atoms with Gasteiger partial charge in [0.05, 0.1) is 24.2 Å². The molecule has 3 N–H and O–H groups in total. The molecule has 1 amide bonds. The third-order valence-corrected chi connectivity index (χ3v) is 3.57. The number of rotatable bonds is 4. The summed E-state index contributed by atoms with van der Waals surface area (Å²) in [6.07, 6.45) is 2.95. The van der Waals surface area contributed by atoms with Crippen LogP contribution in [-0.2, 0) is 6.54 Å². The van der Waals surface area contributed by atoms with Gasteiger partial charge in [0.25, 0.3) is 11.5 Å². The van der Waals surface area contributed by atoms with Crippen LogP contribution in [-0.4, -0.2) is 15.5 Å². The van der Waals surface area contributed by atoms with Crippen LogP contribution in [0.2, 0.25) is 0 Å². The minimum atomic E-state index is -0.238. The molecule has 0 spiro atoms. The van der Waals surface area contributed by atoms with Crippen molar-refractivity contribution < 1.29 is 4.79 Å². The van der Waals surface area contributed by atoms with Gasteiger partial charge in [-0.1, -0.05) is 24.3 Å². The molecule has 0 radical (unpaired) electrons. The van der Waals surface area contributed by atoms with E-state index in [1.54, 1.807) is 36.4 Å². The number of nitrogens with one attached hydrogen (secondary N) is 1. The smallest absolute Gasteiger partial charge is 0.255 e. The standard InChI is InChI=1S/C18H16N4O2/c19-15-3-1-2-4-16(15)21-18(24)14-7-5-13(6-8-14)11-22-12-20-10-9-17(22)23/h1-10,12H,11,19H2,(H,21,24). The van der Waals surface area contributed by atoms with Crippen LogP contribution in [0.5, 0.6) is 0 Å². The van der Waals surface area contributed by atoms with Gasteiger partial charge in [0.15, 0.2) is 0 Å². The SMILES string of the molecule is Nc1ccccc1NC(=O)c1ccc(Cn2cnccc2=O)cc1. The Morgan fingerprint density at radius 1 is 1.08 bits per heavy atom. The van der Waals surface area contributed by atoms with Crippen molar-refractivity contribution in [3.8, 4) is 0 Å². The summed E-state index contributed by atoms with van der Waals surface area (Å²) in [6, 6.07) is 15.5. The normalized spacial score (nSPS) is 10.3. The number of nitrogens with zero attached hydrogens (tertiary/aromatic N) is 2. The second-order valence-corrected chi connectivity index (χ2v) is 5.28. The van der Waals surface area contributed by atoms with E-state index in [2.05, 4.69) is 10.3 Å². The molecule has 0 fully saturated rings. The van der Waals surface area contributed by atoms with E-state index in [9.17, 15) is 9.59 Å². The molecule has 0 aliphatic carbocycles. The maximum absolute atomic E-state index is 12.3. The Bertz CT molecular complexity index is 917. The minimum absolute atomic E-state index is 0.119. The third kappa shape index (κ3) is 3.49. The molecule has 1 heterocycles. The van der Waals surface area contributed by atoms with E-state index >= 15 is 0 Å². The highest BCUT2D eigenvalue weighted by atomic mass is 16.1.